The maximum Gasteiger partial charge on any atom is 0.410 e. The summed E-state index contributed by atoms with van der Waals surface area (Å²) in [4.78, 5) is 36.3. The Morgan fingerprint density at radius 3 is 2.21 bits per heavy atom. The SMILES string of the molecule is CCCCCCCCN(C(=O)OCC=O)C(CC)CCCCOC(=O)CCCC. The Hall–Kier alpha value is -1.59. The summed E-state index contributed by atoms with van der Waals surface area (Å²) in [5.41, 5.74) is 0. The summed E-state index contributed by atoms with van der Waals surface area (Å²) in [5.74, 6) is -0.124. The van der Waals surface area contributed by atoms with E-state index >= 15 is 0 Å². The van der Waals surface area contributed by atoms with Gasteiger partial charge >= 0.3 is 12.1 Å². The fourth-order valence-electron chi connectivity index (χ4n) is 3.32. The molecule has 0 bridgehead atoms. The Balaban J connectivity index is 4.38. The zero-order valence-electron chi connectivity index (χ0n) is 19.0. The molecule has 170 valence electrons. The minimum atomic E-state index is -0.400. The molecule has 0 N–H and O–H groups in total. The van der Waals surface area contributed by atoms with E-state index in [0.29, 0.717) is 25.9 Å². The number of carbonyl (C=O) groups is 3. The van der Waals surface area contributed by atoms with E-state index in [1.165, 1.54) is 25.7 Å². The van der Waals surface area contributed by atoms with Gasteiger partial charge < -0.3 is 14.4 Å². The second kappa shape index (κ2) is 19.7. The maximum absolute atomic E-state index is 12.4. The van der Waals surface area contributed by atoms with Crippen LogP contribution in [0.2, 0.25) is 0 Å². The zero-order valence-corrected chi connectivity index (χ0v) is 19.0. The Morgan fingerprint density at radius 1 is 0.862 bits per heavy atom. The summed E-state index contributed by atoms with van der Waals surface area (Å²) in [6.07, 6.45) is 12.9. The molecule has 0 rings (SSSR count). The third kappa shape index (κ3) is 15.0. The molecule has 1 amide bonds. The Bertz CT molecular complexity index is 427. The third-order valence-electron chi connectivity index (χ3n) is 5.10. The molecule has 0 aromatic heterocycles. The fourth-order valence-corrected chi connectivity index (χ4v) is 3.32. The highest BCUT2D eigenvalue weighted by atomic mass is 16.6. The number of unbranched alkanes of at least 4 members (excludes halogenated alkanes) is 7. The highest BCUT2D eigenvalue weighted by molar-refractivity contribution is 5.70. The molecule has 1 unspecified atom stereocenters. The molecule has 0 aromatic carbocycles. The number of esters is 1. The molecule has 0 saturated heterocycles. The smallest absolute Gasteiger partial charge is 0.410 e. The predicted octanol–water partition coefficient (Wildman–Crippen LogP) is 5.67. The van der Waals surface area contributed by atoms with Crippen LogP contribution in [0.5, 0.6) is 0 Å². The molecule has 6 nitrogen and oxygen atoms in total. The molecule has 0 aromatic rings. The van der Waals surface area contributed by atoms with Gasteiger partial charge in [-0.25, -0.2) is 4.79 Å². The van der Waals surface area contributed by atoms with E-state index in [0.717, 1.165) is 51.4 Å². The van der Waals surface area contributed by atoms with E-state index in [4.69, 9.17) is 9.47 Å². The molecule has 0 aliphatic heterocycles. The van der Waals surface area contributed by atoms with Crippen LogP contribution in [0.4, 0.5) is 4.79 Å². The summed E-state index contributed by atoms with van der Waals surface area (Å²) in [6.45, 7) is 7.21. The molecule has 0 spiro atoms. The second-order valence-corrected chi connectivity index (χ2v) is 7.59. The van der Waals surface area contributed by atoms with Gasteiger partial charge in [-0.2, -0.15) is 0 Å². The summed E-state index contributed by atoms with van der Waals surface area (Å²) >= 11 is 0. The van der Waals surface area contributed by atoms with Gasteiger partial charge in [-0.05, 0) is 38.5 Å². The number of ether oxygens (including phenoxy) is 2. The third-order valence-corrected chi connectivity index (χ3v) is 5.10. The Morgan fingerprint density at radius 2 is 1.55 bits per heavy atom. The number of amides is 1. The van der Waals surface area contributed by atoms with Gasteiger partial charge in [-0.3, -0.25) is 9.59 Å². The van der Waals surface area contributed by atoms with Crippen molar-refractivity contribution in [1.82, 2.24) is 4.90 Å². The van der Waals surface area contributed by atoms with Crippen LogP contribution in [0, 0.1) is 0 Å². The van der Waals surface area contributed by atoms with E-state index < -0.39 is 6.09 Å². The molecule has 29 heavy (non-hydrogen) atoms. The van der Waals surface area contributed by atoms with Crippen molar-refractivity contribution in [1.29, 1.82) is 0 Å². The van der Waals surface area contributed by atoms with Crippen molar-refractivity contribution in [2.24, 2.45) is 0 Å². The van der Waals surface area contributed by atoms with Crippen LogP contribution in [0.15, 0.2) is 0 Å². The first-order valence-electron chi connectivity index (χ1n) is 11.6. The van der Waals surface area contributed by atoms with E-state index in [-0.39, 0.29) is 18.6 Å². The topological polar surface area (TPSA) is 72.9 Å². The van der Waals surface area contributed by atoms with Crippen molar-refractivity contribution in [3.8, 4) is 0 Å². The largest absolute Gasteiger partial charge is 0.466 e. The lowest BCUT2D eigenvalue weighted by Crippen LogP contribution is -2.41. The van der Waals surface area contributed by atoms with Gasteiger partial charge in [-0.1, -0.05) is 59.3 Å². The normalized spacial score (nSPS) is 11.7. The molecule has 0 saturated carbocycles. The minimum Gasteiger partial charge on any atom is -0.466 e. The van der Waals surface area contributed by atoms with Crippen LogP contribution in [0.3, 0.4) is 0 Å². The van der Waals surface area contributed by atoms with Crippen LogP contribution < -0.4 is 0 Å². The minimum absolute atomic E-state index is 0.0839. The molecule has 0 fully saturated rings. The number of hydrogen-bond donors (Lipinski definition) is 0. The molecule has 6 heteroatoms. The van der Waals surface area contributed by atoms with Crippen LogP contribution >= 0.6 is 0 Å². The lowest BCUT2D eigenvalue weighted by molar-refractivity contribution is -0.143. The Labute approximate surface area is 177 Å². The van der Waals surface area contributed by atoms with E-state index in [1.54, 1.807) is 4.90 Å². The van der Waals surface area contributed by atoms with Crippen LogP contribution in [0.25, 0.3) is 0 Å². The second-order valence-electron chi connectivity index (χ2n) is 7.59. The first-order chi connectivity index (χ1) is 14.1. The number of hydrogen-bond acceptors (Lipinski definition) is 5. The fraction of sp³-hybridized carbons (Fsp3) is 0.870. The monoisotopic (exact) mass is 413 g/mol. The van der Waals surface area contributed by atoms with Crippen LogP contribution in [-0.2, 0) is 19.1 Å². The molecule has 0 aliphatic rings. The number of aldehydes is 1. The zero-order chi connectivity index (χ0) is 21.7. The van der Waals surface area contributed by atoms with Crippen molar-refractivity contribution in [2.45, 2.75) is 110 Å². The number of nitrogens with zero attached hydrogens (tertiary/aromatic N) is 1. The van der Waals surface area contributed by atoms with Gasteiger partial charge in [0.05, 0.1) is 6.61 Å². The summed E-state index contributed by atoms with van der Waals surface area (Å²) < 4.78 is 10.3. The Kier molecular flexibility index (Phi) is 18.6. The predicted molar refractivity (Wildman–Crippen MR) is 116 cm³/mol. The van der Waals surface area contributed by atoms with Crippen molar-refractivity contribution in [3.05, 3.63) is 0 Å². The van der Waals surface area contributed by atoms with Crippen molar-refractivity contribution in [3.63, 3.8) is 0 Å². The van der Waals surface area contributed by atoms with Crippen LogP contribution in [-0.4, -0.2) is 49.0 Å². The highest BCUT2D eigenvalue weighted by Crippen LogP contribution is 2.16. The van der Waals surface area contributed by atoms with Gasteiger partial charge in [0.15, 0.2) is 6.29 Å². The lowest BCUT2D eigenvalue weighted by atomic mass is 10.0. The van der Waals surface area contributed by atoms with Crippen molar-refractivity contribution < 1.29 is 23.9 Å². The van der Waals surface area contributed by atoms with Gasteiger partial charge in [0.2, 0.25) is 0 Å². The first-order valence-corrected chi connectivity index (χ1v) is 11.6. The van der Waals surface area contributed by atoms with Crippen molar-refractivity contribution >= 4 is 18.3 Å². The molecule has 0 heterocycles. The van der Waals surface area contributed by atoms with Gasteiger partial charge in [0.25, 0.3) is 0 Å². The summed E-state index contributed by atoms with van der Waals surface area (Å²) in [7, 11) is 0. The van der Waals surface area contributed by atoms with Crippen molar-refractivity contribution in [2.75, 3.05) is 19.8 Å². The van der Waals surface area contributed by atoms with E-state index in [1.807, 2.05) is 0 Å². The maximum atomic E-state index is 12.4. The number of carbonyl (C=O) groups excluding carboxylic acids is 3. The van der Waals surface area contributed by atoms with Gasteiger partial charge in [0, 0.05) is 19.0 Å². The standard InChI is InChI=1S/C23H43NO5/c1-4-7-9-10-11-13-17-24(23(27)29-20-18-25)21(6-3)15-12-14-19-28-22(26)16-8-5-2/h18,21H,4-17,19-20H2,1-3H3. The summed E-state index contributed by atoms with van der Waals surface area (Å²) in [5, 5.41) is 0. The first kappa shape index (κ1) is 27.4. The molecule has 1 atom stereocenters. The summed E-state index contributed by atoms with van der Waals surface area (Å²) in [6, 6.07) is 0.0839. The molecular weight excluding hydrogens is 370 g/mol. The average Bonchev–Trinajstić information content (AvgIpc) is 2.73. The van der Waals surface area contributed by atoms with E-state index in [9.17, 15) is 14.4 Å². The average molecular weight is 414 g/mol. The molecular formula is C23H43NO5. The highest BCUT2D eigenvalue weighted by Gasteiger charge is 2.23. The molecule has 0 radical (unpaired) electrons. The van der Waals surface area contributed by atoms with Gasteiger partial charge in [0.1, 0.15) is 6.61 Å². The van der Waals surface area contributed by atoms with E-state index in [2.05, 4.69) is 20.8 Å². The molecule has 0 aliphatic carbocycles. The number of rotatable bonds is 19. The quantitative estimate of drug-likeness (QED) is 0.155. The van der Waals surface area contributed by atoms with Crippen LogP contribution in [0.1, 0.15) is 104 Å². The van der Waals surface area contributed by atoms with Gasteiger partial charge in [-0.15, -0.1) is 0 Å². The lowest BCUT2D eigenvalue weighted by Gasteiger charge is -2.30.